The van der Waals surface area contributed by atoms with Gasteiger partial charge in [0.15, 0.2) is 0 Å². The second-order valence-corrected chi connectivity index (χ2v) is 10.0. The number of amides is 3. The lowest BCUT2D eigenvalue weighted by Gasteiger charge is -2.17. The predicted octanol–water partition coefficient (Wildman–Crippen LogP) is 2.70. The van der Waals surface area contributed by atoms with Crippen LogP contribution in [0.3, 0.4) is 0 Å². The number of aliphatic hydroxyl groups excluding tert-OH is 1. The van der Waals surface area contributed by atoms with E-state index in [-0.39, 0.29) is 43.3 Å². The third-order valence-corrected chi connectivity index (χ3v) is 6.95. The molecular weight excluding hydrogens is 522 g/mol. The van der Waals surface area contributed by atoms with Gasteiger partial charge in [-0.05, 0) is 41.5 Å². The summed E-state index contributed by atoms with van der Waals surface area (Å²) >= 11 is 0. The van der Waals surface area contributed by atoms with Gasteiger partial charge in [0.2, 0.25) is 11.8 Å². The summed E-state index contributed by atoms with van der Waals surface area (Å²) in [4.78, 5) is 37.4. The van der Waals surface area contributed by atoms with Gasteiger partial charge in [0, 0.05) is 18.7 Å². The van der Waals surface area contributed by atoms with Crippen molar-refractivity contribution in [1.82, 2.24) is 21.3 Å². The molecule has 3 aromatic rings. The highest BCUT2D eigenvalue weighted by Crippen LogP contribution is 2.26. The standard InChI is InChI=1S/C31H35N5O5/c1-20(35-30(39)27-15-26(17-33-27)25-9-5-8-23(14-25)18-37)29(38)34-16-21-10-12-24(13-11-21)28(32)36-31(40)41-19-22-6-3-2-4-7-22/h2-14,20,26-27,33,37H,15-19H2,1H3,(H,34,38)(H,35,39)(H2,32,36,40)/t20-,26-,27?/m0/s1. The van der Waals surface area contributed by atoms with E-state index in [1.165, 1.54) is 0 Å². The molecule has 1 fully saturated rings. The number of carbonyl (C=O) groups excluding carboxylic acids is 3. The van der Waals surface area contributed by atoms with Gasteiger partial charge in [-0.25, -0.2) is 4.79 Å². The van der Waals surface area contributed by atoms with Gasteiger partial charge in [0.05, 0.1) is 12.6 Å². The van der Waals surface area contributed by atoms with E-state index in [1.54, 1.807) is 31.2 Å². The van der Waals surface area contributed by atoms with Crippen molar-refractivity contribution in [1.29, 1.82) is 5.41 Å². The number of nitrogens with one attached hydrogen (secondary N) is 5. The SMILES string of the molecule is C[C@H](NC(=O)C1C[C@H](c2cccc(CO)c2)CN1)C(=O)NCc1ccc(C(=N)NC(=O)OCc2ccccc2)cc1. The van der Waals surface area contributed by atoms with Crippen LogP contribution in [0.2, 0.25) is 0 Å². The summed E-state index contributed by atoms with van der Waals surface area (Å²) in [5, 5.41) is 28.7. The second kappa shape index (κ2) is 14.2. The van der Waals surface area contributed by atoms with E-state index in [9.17, 15) is 19.5 Å². The molecule has 1 saturated heterocycles. The minimum absolute atomic E-state index is 0.0262. The van der Waals surface area contributed by atoms with E-state index >= 15 is 0 Å². The molecule has 1 aliphatic heterocycles. The fourth-order valence-electron chi connectivity index (χ4n) is 4.58. The average Bonchev–Trinajstić information content (AvgIpc) is 3.50. The summed E-state index contributed by atoms with van der Waals surface area (Å²) in [5.41, 5.74) is 4.04. The maximum atomic E-state index is 12.8. The normalized spacial score (nSPS) is 16.8. The first-order valence-electron chi connectivity index (χ1n) is 13.5. The van der Waals surface area contributed by atoms with E-state index in [0.29, 0.717) is 18.5 Å². The van der Waals surface area contributed by atoms with Crippen LogP contribution in [0.25, 0.3) is 0 Å². The van der Waals surface area contributed by atoms with Crippen molar-refractivity contribution in [3.8, 4) is 0 Å². The van der Waals surface area contributed by atoms with Crippen molar-refractivity contribution < 1.29 is 24.2 Å². The molecule has 0 bridgehead atoms. The molecule has 3 atom stereocenters. The Kier molecular flexibility index (Phi) is 10.2. The number of benzene rings is 3. The molecule has 3 amide bonds. The third kappa shape index (κ3) is 8.47. The Bertz CT molecular complexity index is 1360. The molecule has 214 valence electrons. The summed E-state index contributed by atoms with van der Waals surface area (Å²) in [6.45, 7) is 2.60. The highest BCUT2D eigenvalue weighted by Gasteiger charge is 2.31. The Morgan fingerprint density at radius 2 is 1.73 bits per heavy atom. The number of hydrogen-bond acceptors (Lipinski definition) is 7. The van der Waals surface area contributed by atoms with Gasteiger partial charge in [-0.3, -0.25) is 20.3 Å². The average molecular weight is 558 g/mol. The smallest absolute Gasteiger partial charge is 0.413 e. The van der Waals surface area contributed by atoms with E-state index in [2.05, 4.69) is 21.3 Å². The molecule has 0 aliphatic carbocycles. The van der Waals surface area contributed by atoms with Gasteiger partial charge in [0.25, 0.3) is 0 Å². The molecule has 0 saturated carbocycles. The largest absolute Gasteiger partial charge is 0.444 e. The molecule has 10 heteroatoms. The zero-order chi connectivity index (χ0) is 29.2. The van der Waals surface area contributed by atoms with Gasteiger partial charge < -0.3 is 25.8 Å². The number of aliphatic hydroxyl groups is 1. The van der Waals surface area contributed by atoms with Gasteiger partial charge >= 0.3 is 6.09 Å². The van der Waals surface area contributed by atoms with Gasteiger partial charge in [0.1, 0.15) is 18.5 Å². The van der Waals surface area contributed by atoms with Crippen LogP contribution in [0, 0.1) is 5.41 Å². The fraction of sp³-hybridized carbons (Fsp3) is 0.290. The quantitative estimate of drug-likeness (QED) is 0.167. The minimum atomic E-state index is -0.723. The molecule has 6 N–H and O–H groups in total. The molecular formula is C31H35N5O5. The lowest BCUT2D eigenvalue weighted by molar-refractivity contribution is -0.129. The van der Waals surface area contributed by atoms with Crippen LogP contribution in [-0.4, -0.2) is 47.5 Å². The van der Waals surface area contributed by atoms with E-state index in [1.807, 2.05) is 54.6 Å². The van der Waals surface area contributed by atoms with Crippen LogP contribution in [0.1, 0.15) is 47.1 Å². The van der Waals surface area contributed by atoms with E-state index in [4.69, 9.17) is 10.1 Å². The lowest BCUT2D eigenvalue weighted by Crippen LogP contribution is -2.49. The lowest BCUT2D eigenvalue weighted by atomic mass is 9.94. The van der Waals surface area contributed by atoms with Crippen LogP contribution in [0.15, 0.2) is 78.9 Å². The summed E-state index contributed by atoms with van der Waals surface area (Å²) in [6, 6.07) is 22.7. The molecule has 4 rings (SSSR count). The predicted molar refractivity (Wildman–Crippen MR) is 154 cm³/mol. The Labute approximate surface area is 239 Å². The number of hydrogen-bond donors (Lipinski definition) is 6. The molecule has 41 heavy (non-hydrogen) atoms. The van der Waals surface area contributed by atoms with Crippen LogP contribution in [0.5, 0.6) is 0 Å². The minimum Gasteiger partial charge on any atom is -0.444 e. The monoisotopic (exact) mass is 557 g/mol. The molecule has 0 spiro atoms. The maximum absolute atomic E-state index is 12.8. The highest BCUT2D eigenvalue weighted by atomic mass is 16.5. The fourth-order valence-corrected chi connectivity index (χ4v) is 4.58. The first kappa shape index (κ1) is 29.4. The summed E-state index contributed by atoms with van der Waals surface area (Å²) in [7, 11) is 0. The molecule has 0 radical (unpaired) electrons. The van der Waals surface area contributed by atoms with Crippen LogP contribution >= 0.6 is 0 Å². The zero-order valence-electron chi connectivity index (χ0n) is 22.9. The van der Waals surface area contributed by atoms with Crippen molar-refractivity contribution in [3.05, 3.63) is 107 Å². The Balaban J connectivity index is 1.18. The first-order chi connectivity index (χ1) is 19.8. The van der Waals surface area contributed by atoms with E-state index in [0.717, 1.165) is 22.3 Å². The summed E-state index contributed by atoms with van der Waals surface area (Å²) in [5.74, 6) is -0.492. The molecule has 1 aliphatic rings. The summed E-state index contributed by atoms with van der Waals surface area (Å²) in [6.07, 6.45) is -0.110. The molecule has 1 unspecified atom stereocenters. The number of amidine groups is 1. The van der Waals surface area contributed by atoms with Gasteiger partial charge in [-0.15, -0.1) is 0 Å². The zero-order valence-corrected chi connectivity index (χ0v) is 22.9. The first-order valence-corrected chi connectivity index (χ1v) is 13.5. The van der Waals surface area contributed by atoms with Crippen molar-refractivity contribution in [2.45, 2.75) is 51.1 Å². The van der Waals surface area contributed by atoms with Gasteiger partial charge in [-0.2, -0.15) is 0 Å². The highest BCUT2D eigenvalue weighted by molar-refractivity contribution is 6.04. The number of rotatable bonds is 10. The van der Waals surface area contributed by atoms with Crippen molar-refractivity contribution in [3.63, 3.8) is 0 Å². The molecule has 3 aromatic carbocycles. The number of ether oxygens (including phenoxy) is 1. The van der Waals surface area contributed by atoms with Crippen LogP contribution in [-0.2, 0) is 34.1 Å². The van der Waals surface area contributed by atoms with E-state index < -0.39 is 18.2 Å². The Hall–Kier alpha value is -4.54. The molecule has 10 nitrogen and oxygen atoms in total. The Morgan fingerprint density at radius 3 is 2.46 bits per heavy atom. The third-order valence-electron chi connectivity index (χ3n) is 6.95. The second-order valence-electron chi connectivity index (χ2n) is 10.0. The molecule has 0 aromatic heterocycles. The molecule has 1 heterocycles. The van der Waals surface area contributed by atoms with Crippen LogP contribution in [0.4, 0.5) is 4.79 Å². The topological polar surface area (TPSA) is 153 Å². The number of carbonyl (C=O) groups is 3. The van der Waals surface area contributed by atoms with Gasteiger partial charge in [-0.1, -0.05) is 78.9 Å². The van der Waals surface area contributed by atoms with Crippen LogP contribution < -0.4 is 21.3 Å². The number of alkyl carbamates (subject to hydrolysis) is 1. The maximum Gasteiger partial charge on any atom is 0.413 e. The van der Waals surface area contributed by atoms with Crippen molar-refractivity contribution in [2.75, 3.05) is 6.54 Å². The summed E-state index contributed by atoms with van der Waals surface area (Å²) < 4.78 is 5.14. The van der Waals surface area contributed by atoms with Crippen molar-refractivity contribution in [2.24, 2.45) is 0 Å². The Morgan fingerprint density at radius 1 is 1.00 bits per heavy atom. The van der Waals surface area contributed by atoms with Crippen molar-refractivity contribution >= 4 is 23.7 Å².